The molecule has 0 aromatic heterocycles. The van der Waals surface area contributed by atoms with Crippen LogP contribution in [0.5, 0.6) is 0 Å². The third kappa shape index (κ3) is 2.02. The van der Waals surface area contributed by atoms with E-state index in [2.05, 4.69) is 22.0 Å². The number of benzene rings is 2. The second-order valence-corrected chi connectivity index (χ2v) is 5.56. The number of anilines is 1. The van der Waals surface area contributed by atoms with E-state index in [1.807, 2.05) is 30.3 Å². The Balaban J connectivity index is 2.03. The second kappa shape index (κ2) is 4.37. The van der Waals surface area contributed by atoms with Gasteiger partial charge >= 0.3 is 0 Å². The fourth-order valence-electron chi connectivity index (χ4n) is 2.36. The van der Waals surface area contributed by atoms with E-state index in [-0.39, 0.29) is 11.9 Å². The molecule has 1 atom stereocenters. The molecule has 1 heterocycles. The fraction of sp³-hybridized carbons (Fsp3) is 0.214. The minimum absolute atomic E-state index is 0.0434. The highest BCUT2D eigenvalue weighted by Crippen LogP contribution is 2.27. The van der Waals surface area contributed by atoms with E-state index < -0.39 is 0 Å². The number of nitrogens with zero attached hydrogens (tertiary/aromatic N) is 1. The zero-order valence-corrected chi connectivity index (χ0v) is 11.4. The number of nitrogens with two attached hydrogens (primary N) is 1. The minimum Gasteiger partial charge on any atom is -0.326 e. The first kappa shape index (κ1) is 11.7. The standard InChI is InChI=1S/C14H13BrN2O/c15-11-3-1-10-6-13(4-2-9(10)5-11)17-8-12(16)7-14(17)18/h1-6,12H,7-8,16H2. The summed E-state index contributed by atoms with van der Waals surface area (Å²) in [5, 5.41) is 2.29. The summed E-state index contributed by atoms with van der Waals surface area (Å²) >= 11 is 3.45. The molecule has 0 radical (unpaired) electrons. The molecule has 1 fully saturated rings. The molecule has 1 aliphatic heterocycles. The van der Waals surface area contributed by atoms with Gasteiger partial charge in [-0.3, -0.25) is 4.79 Å². The van der Waals surface area contributed by atoms with Crippen LogP contribution in [0.25, 0.3) is 10.8 Å². The third-order valence-corrected chi connectivity index (χ3v) is 3.75. The van der Waals surface area contributed by atoms with E-state index in [1.54, 1.807) is 4.90 Å². The van der Waals surface area contributed by atoms with Gasteiger partial charge in [-0.05, 0) is 35.0 Å². The monoisotopic (exact) mass is 304 g/mol. The lowest BCUT2D eigenvalue weighted by molar-refractivity contribution is -0.117. The van der Waals surface area contributed by atoms with Crippen LogP contribution in [0.15, 0.2) is 40.9 Å². The second-order valence-electron chi connectivity index (χ2n) is 4.64. The van der Waals surface area contributed by atoms with Gasteiger partial charge in [0.15, 0.2) is 0 Å². The molecule has 1 aliphatic rings. The van der Waals surface area contributed by atoms with Crippen LogP contribution in [0.3, 0.4) is 0 Å². The zero-order chi connectivity index (χ0) is 12.7. The molecule has 2 N–H and O–H groups in total. The summed E-state index contributed by atoms with van der Waals surface area (Å²) in [6, 6.07) is 12.1. The molecule has 18 heavy (non-hydrogen) atoms. The summed E-state index contributed by atoms with van der Waals surface area (Å²) in [5.41, 5.74) is 6.75. The van der Waals surface area contributed by atoms with Crippen LogP contribution in [0, 0.1) is 0 Å². The number of fused-ring (bicyclic) bond motifs is 1. The van der Waals surface area contributed by atoms with Crippen molar-refractivity contribution in [2.75, 3.05) is 11.4 Å². The molecule has 3 nitrogen and oxygen atoms in total. The lowest BCUT2D eigenvalue weighted by Crippen LogP contribution is -2.27. The Hall–Kier alpha value is -1.39. The van der Waals surface area contributed by atoms with Crippen LogP contribution in [-0.4, -0.2) is 18.5 Å². The molecule has 0 bridgehead atoms. The van der Waals surface area contributed by atoms with Crippen LogP contribution in [0.4, 0.5) is 5.69 Å². The van der Waals surface area contributed by atoms with Crippen LogP contribution in [-0.2, 0) is 4.79 Å². The molecule has 2 aromatic rings. The lowest BCUT2D eigenvalue weighted by Gasteiger charge is -2.16. The Kier molecular flexibility index (Phi) is 2.84. The van der Waals surface area contributed by atoms with E-state index in [0.717, 1.165) is 20.9 Å². The molecule has 1 saturated heterocycles. The highest BCUT2D eigenvalue weighted by molar-refractivity contribution is 9.10. The van der Waals surface area contributed by atoms with Crippen LogP contribution < -0.4 is 10.6 Å². The third-order valence-electron chi connectivity index (χ3n) is 3.25. The summed E-state index contributed by atoms with van der Waals surface area (Å²) in [6.45, 7) is 0.612. The lowest BCUT2D eigenvalue weighted by atomic mass is 10.1. The molecule has 2 aromatic carbocycles. The van der Waals surface area contributed by atoms with Crippen LogP contribution in [0.1, 0.15) is 6.42 Å². The largest absolute Gasteiger partial charge is 0.326 e. The van der Waals surface area contributed by atoms with Crippen LogP contribution >= 0.6 is 15.9 Å². The van der Waals surface area contributed by atoms with Gasteiger partial charge in [0.2, 0.25) is 5.91 Å². The van der Waals surface area contributed by atoms with Crippen molar-refractivity contribution in [1.29, 1.82) is 0 Å². The number of halogens is 1. The van der Waals surface area contributed by atoms with E-state index in [0.29, 0.717) is 13.0 Å². The molecular formula is C14H13BrN2O. The van der Waals surface area contributed by atoms with Crippen molar-refractivity contribution in [3.05, 3.63) is 40.9 Å². The van der Waals surface area contributed by atoms with Gasteiger partial charge in [-0.1, -0.05) is 28.1 Å². The van der Waals surface area contributed by atoms with Crippen molar-refractivity contribution in [3.63, 3.8) is 0 Å². The van der Waals surface area contributed by atoms with Gasteiger partial charge in [0.25, 0.3) is 0 Å². The average Bonchev–Trinajstić information content (AvgIpc) is 2.68. The smallest absolute Gasteiger partial charge is 0.228 e. The number of hydrogen-bond donors (Lipinski definition) is 1. The number of hydrogen-bond acceptors (Lipinski definition) is 2. The van der Waals surface area contributed by atoms with Gasteiger partial charge in [-0.2, -0.15) is 0 Å². The highest BCUT2D eigenvalue weighted by Gasteiger charge is 2.27. The summed E-state index contributed by atoms with van der Waals surface area (Å²) in [7, 11) is 0. The Morgan fingerprint density at radius 2 is 1.89 bits per heavy atom. The first-order chi connectivity index (χ1) is 8.63. The summed E-state index contributed by atoms with van der Waals surface area (Å²) in [6.07, 6.45) is 0.443. The van der Waals surface area contributed by atoms with Crippen molar-refractivity contribution in [1.82, 2.24) is 0 Å². The molecule has 3 rings (SSSR count). The highest BCUT2D eigenvalue weighted by atomic mass is 79.9. The number of carbonyl (C=O) groups is 1. The molecule has 4 heteroatoms. The SMILES string of the molecule is NC1CC(=O)N(c2ccc3cc(Br)ccc3c2)C1. The molecule has 92 valence electrons. The normalized spacial score (nSPS) is 19.8. The Morgan fingerprint density at radius 1 is 1.17 bits per heavy atom. The predicted octanol–water partition coefficient (Wildman–Crippen LogP) is 2.67. The van der Waals surface area contributed by atoms with Gasteiger partial charge in [-0.15, -0.1) is 0 Å². The maximum absolute atomic E-state index is 11.8. The van der Waals surface area contributed by atoms with E-state index in [4.69, 9.17) is 5.73 Å². The van der Waals surface area contributed by atoms with Gasteiger partial charge in [0, 0.05) is 29.2 Å². The first-order valence-corrected chi connectivity index (χ1v) is 6.68. The van der Waals surface area contributed by atoms with Crippen molar-refractivity contribution in [2.45, 2.75) is 12.5 Å². The summed E-state index contributed by atoms with van der Waals surface area (Å²) in [4.78, 5) is 13.6. The summed E-state index contributed by atoms with van der Waals surface area (Å²) < 4.78 is 1.06. The van der Waals surface area contributed by atoms with Crippen molar-refractivity contribution >= 4 is 38.3 Å². The predicted molar refractivity (Wildman–Crippen MR) is 76.6 cm³/mol. The van der Waals surface area contributed by atoms with Crippen LogP contribution in [0.2, 0.25) is 0 Å². The number of amides is 1. The quantitative estimate of drug-likeness (QED) is 0.880. The van der Waals surface area contributed by atoms with Gasteiger partial charge in [0.1, 0.15) is 0 Å². The van der Waals surface area contributed by atoms with E-state index in [9.17, 15) is 4.79 Å². The van der Waals surface area contributed by atoms with Gasteiger partial charge < -0.3 is 10.6 Å². The van der Waals surface area contributed by atoms with Crippen molar-refractivity contribution in [3.8, 4) is 0 Å². The fourth-order valence-corrected chi connectivity index (χ4v) is 2.74. The zero-order valence-electron chi connectivity index (χ0n) is 9.77. The maximum atomic E-state index is 11.8. The van der Waals surface area contributed by atoms with E-state index in [1.165, 1.54) is 0 Å². The molecule has 0 spiro atoms. The molecule has 0 saturated carbocycles. The molecule has 1 amide bonds. The topological polar surface area (TPSA) is 46.3 Å². The Morgan fingerprint density at radius 3 is 2.61 bits per heavy atom. The van der Waals surface area contributed by atoms with Crippen molar-refractivity contribution in [2.24, 2.45) is 5.73 Å². The van der Waals surface area contributed by atoms with Gasteiger partial charge in [-0.25, -0.2) is 0 Å². The van der Waals surface area contributed by atoms with Crippen molar-refractivity contribution < 1.29 is 4.79 Å². The van der Waals surface area contributed by atoms with Gasteiger partial charge in [0.05, 0.1) is 0 Å². The Bertz CT molecular complexity index is 626. The number of rotatable bonds is 1. The molecule has 0 aliphatic carbocycles. The van der Waals surface area contributed by atoms with E-state index >= 15 is 0 Å². The molecule has 1 unspecified atom stereocenters. The minimum atomic E-state index is -0.0434. The maximum Gasteiger partial charge on any atom is 0.228 e. The first-order valence-electron chi connectivity index (χ1n) is 5.89. The Labute approximate surface area is 114 Å². The molecular weight excluding hydrogens is 292 g/mol. The number of carbonyl (C=O) groups excluding carboxylic acids is 1. The summed E-state index contributed by atoms with van der Waals surface area (Å²) in [5.74, 6) is 0.110. The average molecular weight is 305 g/mol.